The van der Waals surface area contributed by atoms with Crippen molar-refractivity contribution in [3.05, 3.63) is 107 Å². The Labute approximate surface area is 203 Å². The van der Waals surface area contributed by atoms with Gasteiger partial charge in [0.05, 0.1) is 23.3 Å². The van der Waals surface area contributed by atoms with Crippen LogP contribution in [0.5, 0.6) is 0 Å². The van der Waals surface area contributed by atoms with E-state index >= 15 is 0 Å². The molecule has 3 aromatic carbocycles. The minimum atomic E-state index is -0.658. The minimum Gasteiger partial charge on any atom is -0.357 e. The summed E-state index contributed by atoms with van der Waals surface area (Å²) in [5, 5.41) is 3.98. The van der Waals surface area contributed by atoms with Gasteiger partial charge in [0.15, 0.2) is 0 Å². The molecule has 4 nitrogen and oxygen atoms in total. The van der Waals surface area contributed by atoms with E-state index in [9.17, 15) is 14.0 Å². The molecule has 1 aliphatic carbocycles. The molecule has 1 N–H and O–H groups in total. The Hall–Kier alpha value is -3.44. The summed E-state index contributed by atoms with van der Waals surface area (Å²) in [4.78, 5) is 29.3. The van der Waals surface area contributed by atoms with Crippen molar-refractivity contribution in [2.45, 2.75) is 26.3 Å². The van der Waals surface area contributed by atoms with Gasteiger partial charge in [-0.1, -0.05) is 55.8 Å². The average molecular weight is 475 g/mol. The van der Waals surface area contributed by atoms with Crippen molar-refractivity contribution in [1.82, 2.24) is 0 Å². The third-order valence-electron chi connectivity index (χ3n) is 6.42. The average Bonchev–Trinajstić information content (AvgIpc) is 2.93. The predicted octanol–water partition coefficient (Wildman–Crippen LogP) is 6.79. The number of hydrogen-bond donors (Lipinski definition) is 1. The highest BCUT2D eigenvalue weighted by Gasteiger charge is 2.46. The number of carbonyl (C=O) groups is 2. The maximum absolute atomic E-state index is 14.0. The first-order valence-electron chi connectivity index (χ1n) is 11.2. The highest BCUT2D eigenvalue weighted by atomic mass is 35.5. The molecular weight excluding hydrogens is 451 g/mol. The van der Waals surface area contributed by atoms with E-state index in [0.29, 0.717) is 28.3 Å². The zero-order valence-corrected chi connectivity index (χ0v) is 19.6. The number of amides is 1. The van der Waals surface area contributed by atoms with Crippen LogP contribution in [-0.4, -0.2) is 11.7 Å². The normalized spacial score (nSPS) is 21.0. The Balaban J connectivity index is 1.77. The van der Waals surface area contributed by atoms with Crippen LogP contribution in [0, 0.1) is 17.2 Å². The van der Waals surface area contributed by atoms with Gasteiger partial charge in [-0.3, -0.25) is 14.5 Å². The fourth-order valence-electron chi connectivity index (χ4n) is 4.97. The molecule has 172 valence electrons. The first kappa shape index (κ1) is 22.4. The first-order chi connectivity index (χ1) is 16.2. The maximum Gasteiger partial charge on any atom is 0.258 e. The topological polar surface area (TPSA) is 49.4 Å². The number of hydrogen-bond acceptors (Lipinski definition) is 3. The molecule has 0 spiro atoms. The molecule has 6 heteroatoms. The third kappa shape index (κ3) is 4.01. The van der Waals surface area contributed by atoms with Gasteiger partial charge in [-0.25, -0.2) is 4.39 Å². The lowest BCUT2D eigenvalue weighted by Crippen LogP contribution is -2.43. The number of allylic oxidation sites excluding steroid dienone is 1. The molecule has 0 radical (unpaired) electrons. The Morgan fingerprint density at radius 3 is 2.41 bits per heavy atom. The van der Waals surface area contributed by atoms with Crippen LogP contribution in [0.2, 0.25) is 5.02 Å². The SMILES string of the molecule is CC1(C)C=C2Nc3ccccc3N(C(=O)c3ccc(Cl)cc3)[C@@H](c3ccc(F)cc3)[C@H]2C(=O)C1. The van der Waals surface area contributed by atoms with Crippen LogP contribution < -0.4 is 10.2 Å². The standard InChI is InChI=1S/C28H24ClFN2O2/c1-28(2)15-22-25(24(33)16-28)26(17-9-13-20(30)14-10-17)32(23-6-4-3-5-21(23)31-22)27(34)18-7-11-19(29)12-8-18/h3-15,25-26,31H,16H2,1-2H3/t25-,26+/m1/s1. The highest BCUT2D eigenvalue weighted by molar-refractivity contribution is 6.30. The summed E-state index contributed by atoms with van der Waals surface area (Å²) in [5.74, 6) is -1.23. The van der Waals surface area contributed by atoms with Crippen LogP contribution in [0.1, 0.15) is 42.2 Å². The number of fused-ring (bicyclic) bond motifs is 2. The van der Waals surface area contributed by atoms with Gasteiger partial charge >= 0.3 is 0 Å². The number of rotatable bonds is 2. The molecule has 0 saturated carbocycles. The highest BCUT2D eigenvalue weighted by Crippen LogP contribution is 2.48. The molecule has 0 unspecified atom stereocenters. The van der Waals surface area contributed by atoms with Crippen molar-refractivity contribution >= 4 is 34.7 Å². The van der Waals surface area contributed by atoms with Crippen molar-refractivity contribution in [3.8, 4) is 0 Å². The molecule has 34 heavy (non-hydrogen) atoms. The second-order valence-corrected chi connectivity index (χ2v) is 9.97. The number of benzene rings is 3. The summed E-state index contributed by atoms with van der Waals surface area (Å²) in [6.07, 6.45) is 2.43. The van der Waals surface area contributed by atoms with Gasteiger partial charge in [-0.2, -0.15) is 0 Å². The number of nitrogens with zero attached hydrogens (tertiary/aromatic N) is 1. The molecule has 2 atom stereocenters. The van der Waals surface area contributed by atoms with Gasteiger partial charge in [0.2, 0.25) is 0 Å². The van der Waals surface area contributed by atoms with E-state index in [1.54, 1.807) is 41.3 Å². The molecule has 1 heterocycles. The van der Waals surface area contributed by atoms with Crippen LogP contribution in [0.15, 0.2) is 84.6 Å². The number of para-hydroxylation sites is 2. The fraction of sp³-hybridized carbons (Fsp3) is 0.214. The summed E-state index contributed by atoms with van der Waals surface area (Å²) in [6.45, 7) is 4.05. The molecule has 0 saturated heterocycles. The van der Waals surface area contributed by atoms with Crippen LogP contribution in [0.25, 0.3) is 0 Å². The second kappa shape index (κ2) is 8.41. The lowest BCUT2D eigenvalue weighted by atomic mass is 9.72. The molecule has 5 rings (SSSR count). The lowest BCUT2D eigenvalue weighted by molar-refractivity contribution is -0.124. The van der Waals surface area contributed by atoms with Gasteiger partial charge in [-0.15, -0.1) is 0 Å². The van der Waals surface area contributed by atoms with Gasteiger partial charge in [-0.05, 0) is 59.5 Å². The largest absolute Gasteiger partial charge is 0.357 e. The molecule has 1 aliphatic heterocycles. The molecule has 0 bridgehead atoms. The smallest absolute Gasteiger partial charge is 0.258 e. The van der Waals surface area contributed by atoms with Crippen molar-refractivity contribution in [3.63, 3.8) is 0 Å². The van der Waals surface area contributed by atoms with Crippen LogP contribution in [0.3, 0.4) is 0 Å². The Bertz CT molecular complexity index is 1300. The van der Waals surface area contributed by atoms with Crippen molar-refractivity contribution in [2.24, 2.45) is 11.3 Å². The van der Waals surface area contributed by atoms with E-state index < -0.39 is 12.0 Å². The molecule has 1 amide bonds. The quantitative estimate of drug-likeness (QED) is 0.444. The summed E-state index contributed by atoms with van der Waals surface area (Å²) in [5.41, 5.74) is 2.95. The predicted molar refractivity (Wildman–Crippen MR) is 132 cm³/mol. The van der Waals surface area contributed by atoms with Crippen molar-refractivity contribution in [1.29, 1.82) is 0 Å². The number of Topliss-reactive ketones (excluding diaryl/α,β-unsaturated/α-hetero) is 1. The number of nitrogens with one attached hydrogen (secondary N) is 1. The molecule has 0 aromatic heterocycles. The Kier molecular flexibility index (Phi) is 5.53. The summed E-state index contributed by atoms with van der Waals surface area (Å²) in [7, 11) is 0. The van der Waals surface area contributed by atoms with Gasteiger partial charge in [0.1, 0.15) is 11.6 Å². The van der Waals surface area contributed by atoms with E-state index in [-0.39, 0.29) is 22.9 Å². The van der Waals surface area contributed by atoms with Crippen LogP contribution >= 0.6 is 11.6 Å². The number of halogens is 2. The molecular formula is C28H24ClFN2O2. The summed E-state index contributed by atoms with van der Waals surface area (Å²) in [6, 6.07) is 19.6. The van der Waals surface area contributed by atoms with Gasteiger partial charge in [0.25, 0.3) is 5.91 Å². The zero-order chi connectivity index (χ0) is 24.0. The van der Waals surface area contributed by atoms with E-state index in [1.165, 1.54) is 12.1 Å². The van der Waals surface area contributed by atoms with E-state index in [2.05, 4.69) is 11.4 Å². The number of ketones is 1. The summed E-state index contributed by atoms with van der Waals surface area (Å²) < 4.78 is 13.9. The Morgan fingerprint density at radius 2 is 1.71 bits per heavy atom. The van der Waals surface area contributed by atoms with Crippen molar-refractivity contribution in [2.75, 3.05) is 10.2 Å². The van der Waals surface area contributed by atoms with Gasteiger partial charge in [0, 0.05) is 22.7 Å². The summed E-state index contributed by atoms with van der Waals surface area (Å²) >= 11 is 6.06. The first-order valence-corrected chi connectivity index (χ1v) is 11.6. The molecule has 2 aliphatic rings. The zero-order valence-electron chi connectivity index (χ0n) is 18.9. The van der Waals surface area contributed by atoms with E-state index in [4.69, 9.17) is 11.6 Å². The van der Waals surface area contributed by atoms with Crippen LogP contribution in [0.4, 0.5) is 15.8 Å². The lowest BCUT2D eigenvalue weighted by Gasteiger charge is -2.39. The van der Waals surface area contributed by atoms with Crippen molar-refractivity contribution < 1.29 is 14.0 Å². The van der Waals surface area contributed by atoms with Crippen LogP contribution in [-0.2, 0) is 4.79 Å². The molecule has 3 aromatic rings. The van der Waals surface area contributed by atoms with E-state index in [0.717, 1.165) is 11.4 Å². The number of anilines is 2. The monoisotopic (exact) mass is 474 g/mol. The second-order valence-electron chi connectivity index (χ2n) is 9.53. The maximum atomic E-state index is 14.0. The third-order valence-corrected chi connectivity index (χ3v) is 6.67. The number of carbonyl (C=O) groups excluding carboxylic acids is 2. The van der Waals surface area contributed by atoms with E-state index in [1.807, 2.05) is 38.1 Å². The minimum absolute atomic E-state index is 0.0334. The fourth-order valence-corrected chi connectivity index (χ4v) is 5.09. The van der Waals surface area contributed by atoms with Gasteiger partial charge < -0.3 is 5.32 Å². The Morgan fingerprint density at radius 1 is 1.03 bits per heavy atom. The molecule has 0 fully saturated rings.